The molecule has 5 nitrogen and oxygen atoms in total. The number of anilines is 2. The van der Waals surface area contributed by atoms with E-state index in [1.807, 2.05) is 30.5 Å². The molecule has 0 N–H and O–H groups in total. The summed E-state index contributed by atoms with van der Waals surface area (Å²) in [6, 6.07) is 45.1. The number of furan rings is 3. The van der Waals surface area contributed by atoms with Gasteiger partial charge in [-0.2, -0.15) is 0 Å². The van der Waals surface area contributed by atoms with E-state index in [1.54, 1.807) is 6.20 Å². The van der Waals surface area contributed by atoms with Crippen molar-refractivity contribution in [1.82, 2.24) is 4.98 Å². The van der Waals surface area contributed by atoms with Crippen molar-refractivity contribution >= 4 is 83.1 Å². The van der Waals surface area contributed by atoms with Gasteiger partial charge in [0.2, 0.25) is 0 Å². The molecule has 0 radical (unpaired) electrons. The molecule has 6 aromatic carbocycles. The molecular weight excluding hydrogens is 617 g/mol. The molecule has 1 atom stereocenters. The van der Waals surface area contributed by atoms with Gasteiger partial charge in [-0.05, 0) is 88.6 Å². The molecule has 4 heterocycles. The molecule has 50 heavy (non-hydrogen) atoms. The van der Waals surface area contributed by atoms with Crippen molar-refractivity contribution < 1.29 is 13.3 Å². The van der Waals surface area contributed by atoms with Crippen molar-refractivity contribution in [3.63, 3.8) is 0 Å². The van der Waals surface area contributed by atoms with Crippen LogP contribution in [0.2, 0.25) is 0 Å². The van der Waals surface area contributed by atoms with Crippen LogP contribution in [-0.4, -0.2) is 11.0 Å². The summed E-state index contributed by atoms with van der Waals surface area (Å²) in [5.41, 5.74) is 10.2. The summed E-state index contributed by atoms with van der Waals surface area (Å²) >= 11 is 0. The molecule has 0 fully saturated rings. The van der Waals surface area contributed by atoms with Crippen LogP contribution in [0.15, 0.2) is 159 Å². The molecule has 236 valence electrons. The zero-order chi connectivity index (χ0) is 32.8. The van der Waals surface area contributed by atoms with Crippen LogP contribution in [0.4, 0.5) is 11.4 Å². The zero-order valence-electron chi connectivity index (χ0n) is 26.8. The topological polar surface area (TPSA) is 55.6 Å². The largest absolute Gasteiger partial charge is 0.456 e. The minimum absolute atomic E-state index is 0.0720. The van der Waals surface area contributed by atoms with E-state index in [2.05, 4.69) is 125 Å². The SMILES string of the molecule is C1=CC(N(c2ccc(-c3ccc4ccc5oc6cnccc6c5c4c3)cc2)c2ccc3oc4ccccc4c3c2)Cc2c1oc1ccccc21. The van der Waals surface area contributed by atoms with Crippen LogP contribution >= 0.6 is 0 Å². The second kappa shape index (κ2) is 10.5. The molecule has 1 aliphatic carbocycles. The summed E-state index contributed by atoms with van der Waals surface area (Å²) in [5, 5.41) is 7.97. The molecule has 5 heteroatoms. The van der Waals surface area contributed by atoms with E-state index < -0.39 is 0 Å². The van der Waals surface area contributed by atoms with Gasteiger partial charge in [0.1, 0.15) is 28.1 Å². The Bertz CT molecular complexity index is 2980. The van der Waals surface area contributed by atoms with E-state index in [0.717, 1.165) is 84.1 Å². The van der Waals surface area contributed by atoms with Gasteiger partial charge in [0.25, 0.3) is 0 Å². The number of pyridine rings is 1. The van der Waals surface area contributed by atoms with E-state index in [-0.39, 0.29) is 6.04 Å². The first-order chi connectivity index (χ1) is 24.7. The maximum atomic E-state index is 6.24. The zero-order valence-corrected chi connectivity index (χ0v) is 26.8. The summed E-state index contributed by atoms with van der Waals surface area (Å²) in [5.74, 6) is 0.945. The van der Waals surface area contributed by atoms with E-state index in [1.165, 1.54) is 21.7 Å². The average molecular weight is 645 g/mol. The fraction of sp³-hybridized carbons (Fsp3) is 0.0444. The molecule has 10 aromatic rings. The van der Waals surface area contributed by atoms with Crippen LogP contribution < -0.4 is 4.90 Å². The van der Waals surface area contributed by atoms with Crippen LogP contribution in [-0.2, 0) is 6.42 Å². The molecule has 0 aliphatic heterocycles. The molecule has 1 aliphatic rings. The van der Waals surface area contributed by atoms with Crippen molar-refractivity contribution in [2.45, 2.75) is 12.5 Å². The standard InChI is InChI=1S/C45H28N2O3/c1-3-7-39-33(5-1)37-24-31(16-19-41(37)48-39)47(32-17-20-42-38(25-32)34-6-2-4-8-40(34)49-42)30-14-11-27(12-15-30)29-10-9-28-13-18-43-45(36(28)23-29)35-21-22-46-26-44(35)50-43/h1-24,26,32H,25H2. The molecule has 0 saturated heterocycles. The minimum Gasteiger partial charge on any atom is -0.456 e. The Hall–Kier alpha value is -6.59. The van der Waals surface area contributed by atoms with Gasteiger partial charge in [0.15, 0.2) is 5.58 Å². The van der Waals surface area contributed by atoms with Gasteiger partial charge < -0.3 is 18.2 Å². The molecule has 11 rings (SSSR count). The number of hydrogen-bond acceptors (Lipinski definition) is 5. The first-order valence-electron chi connectivity index (χ1n) is 16.9. The van der Waals surface area contributed by atoms with Crippen LogP contribution in [0, 0.1) is 0 Å². The molecule has 0 spiro atoms. The monoisotopic (exact) mass is 644 g/mol. The first-order valence-corrected chi connectivity index (χ1v) is 16.9. The quantitative estimate of drug-likeness (QED) is 0.191. The van der Waals surface area contributed by atoms with Gasteiger partial charge in [-0.15, -0.1) is 0 Å². The van der Waals surface area contributed by atoms with Gasteiger partial charge in [-0.25, -0.2) is 0 Å². The highest BCUT2D eigenvalue weighted by atomic mass is 16.3. The smallest absolute Gasteiger partial charge is 0.153 e. The summed E-state index contributed by atoms with van der Waals surface area (Å²) in [4.78, 5) is 6.71. The highest BCUT2D eigenvalue weighted by Crippen LogP contribution is 2.41. The Labute approximate surface area is 286 Å². The van der Waals surface area contributed by atoms with Gasteiger partial charge >= 0.3 is 0 Å². The van der Waals surface area contributed by atoms with Gasteiger partial charge in [0.05, 0.1) is 12.2 Å². The lowest BCUT2D eigenvalue weighted by atomic mass is 9.94. The Morgan fingerprint density at radius 3 is 2.16 bits per heavy atom. The fourth-order valence-electron chi connectivity index (χ4n) is 7.95. The molecule has 4 aromatic heterocycles. The average Bonchev–Trinajstić information content (AvgIpc) is 3.86. The number of nitrogens with zero attached hydrogens (tertiary/aromatic N) is 2. The second-order valence-electron chi connectivity index (χ2n) is 13.1. The third-order valence-corrected chi connectivity index (χ3v) is 10.3. The van der Waals surface area contributed by atoms with E-state index >= 15 is 0 Å². The van der Waals surface area contributed by atoms with Crippen molar-refractivity contribution in [3.05, 3.63) is 157 Å². The van der Waals surface area contributed by atoms with Crippen LogP contribution in [0.5, 0.6) is 0 Å². The summed E-state index contributed by atoms with van der Waals surface area (Å²) in [6.45, 7) is 0. The van der Waals surface area contributed by atoms with Gasteiger partial charge in [0, 0.05) is 56.5 Å². The molecule has 0 saturated carbocycles. The lowest BCUT2D eigenvalue weighted by Gasteiger charge is -2.33. The maximum Gasteiger partial charge on any atom is 0.153 e. The van der Waals surface area contributed by atoms with Gasteiger partial charge in [-0.3, -0.25) is 4.98 Å². The second-order valence-corrected chi connectivity index (χ2v) is 13.1. The van der Waals surface area contributed by atoms with Crippen LogP contribution in [0.3, 0.4) is 0 Å². The summed E-state index contributed by atoms with van der Waals surface area (Å²) in [6.07, 6.45) is 8.86. The lowest BCUT2D eigenvalue weighted by Crippen LogP contribution is -2.32. The molecular formula is C45H28N2O3. The number of rotatable bonds is 4. The molecule has 0 bridgehead atoms. The number of benzene rings is 6. The third kappa shape index (κ3) is 4.10. The Balaban J connectivity index is 1.04. The van der Waals surface area contributed by atoms with E-state index in [9.17, 15) is 0 Å². The van der Waals surface area contributed by atoms with Gasteiger partial charge in [-0.1, -0.05) is 72.8 Å². The number of hydrogen-bond donors (Lipinski definition) is 0. The number of para-hydroxylation sites is 2. The molecule has 1 unspecified atom stereocenters. The maximum absolute atomic E-state index is 6.24. The highest BCUT2D eigenvalue weighted by Gasteiger charge is 2.27. The lowest BCUT2D eigenvalue weighted by molar-refractivity contribution is 0.590. The summed E-state index contributed by atoms with van der Waals surface area (Å²) in [7, 11) is 0. The number of fused-ring (bicyclic) bond motifs is 11. The van der Waals surface area contributed by atoms with Crippen LogP contribution in [0.1, 0.15) is 11.3 Å². The summed E-state index contributed by atoms with van der Waals surface area (Å²) < 4.78 is 18.6. The molecule has 0 amide bonds. The minimum atomic E-state index is 0.0720. The predicted molar refractivity (Wildman–Crippen MR) is 203 cm³/mol. The van der Waals surface area contributed by atoms with E-state index in [4.69, 9.17) is 13.3 Å². The third-order valence-electron chi connectivity index (χ3n) is 10.3. The van der Waals surface area contributed by atoms with Crippen molar-refractivity contribution in [2.24, 2.45) is 0 Å². The normalized spacial score (nSPS) is 14.4. The van der Waals surface area contributed by atoms with Crippen molar-refractivity contribution in [2.75, 3.05) is 4.90 Å². The van der Waals surface area contributed by atoms with E-state index in [0.29, 0.717) is 0 Å². The number of aromatic nitrogens is 1. The predicted octanol–water partition coefficient (Wildman–Crippen LogP) is 12.2. The van der Waals surface area contributed by atoms with Crippen LogP contribution in [0.25, 0.3) is 82.8 Å². The fourth-order valence-corrected chi connectivity index (χ4v) is 7.95. The highest BCUT2D eigenvalue weighted by molar-refractivity contribution is 6.19. The Morgan fingerprint density at radius 2 is 1.26 bits per heavy atom. The first kappa shape index (κ1) is 27.4. The Morgan fingerprint density at radius 1 is 0.540 bits per heavy atom. The van der Waals surface area contributed by atoms with Crippen molar-refractivity contribution in [1.29, 1.82) is 0 Å². The van der Waals surface area contributed by atoms with Crippen molar-refractivity contribution in [3.8, 4) is 11.1 Å². The Kier molecular flexibility index (Phi) is 5.72.